The van der Waals surface area contributed by atoms with Crippen molar-refractivity contribution in [3.8, 4) is 5.75 Å². The molecule has 0 N–H and O–H groups in total. The number of hydrogen-bond acceptors (Lipinski definition) is 2. The van der Waals surface area contributed by atoms with Crippen LogP contribution in [0.25, 0.3) is 0 Å². The molecule has 2 heteroatoms. The van der Waals surface area contributed by atoms with Crippen molar-refractivity contribution in [2.24, 2.45) is 0 Å². The van der Waals surface area contributed by atoms with Gasteiger partial charge >= 0.3 is 0 Å². The molecule has 2 aromatic carbocycles. The van der Waals surface area contributed by atoms with Gasteiger partial charge in [-0.15, -0.1) is 0 Å². The van der Waals surface area contributed by atoms with Crippen molar-refractivity contribution in [1.29, 1.82) is 0 Å². The molecule has 0 amide bonds. The minimum absolute atomic E-state index is 0.393. The third kappa shape index (κ3) is 4.11. The van der Waals surface area contributed by atoms with E-state index >= 15 is 0 Å². The minimum atomic E-state index is 0.393. The summed E-state index contributed by atoms with van der Waals surface area (Å²) in [6, 6.07) is 20.9. The molecule has 0 saturated carbocycles. The van der Waals surface area contributed by atoms with Crippen LogP contribution in [0.1, 0.15) is 18.0 Å². The normalized spacial score (nSPS) is 12.4. The van der Waals surface area contributed by atoms with Gasteiger partial charge in [0.05, 0.1) is 6.61 Å². The summed E-state index contributed by atoms with van der Waals surface area (Å²) >= 11 is 0. The Morgan fingerprint density at radius 1 is 0.895 bits per heavy atom. The SMILES string of the molecule is CN(C)C(CCOc1ccccc1)c1ccccc1. The Balaban J connectivity index is 1.92. The molecule has 0 aromatic heterocycles. The highest BCUT2D eigenvalue weighted by atomic mass is 16.5. The molecule has 0 radical (unpaired) electrons. The highest BCUT2D eigenvalue weighted by molar-refractivity contribution is 5.21. The fraction of sp³-hybridized carbons (Fsp3) is 0.294. The summed E-state index contributed by atoms with van der Waals surface area (Å²) in [4.78, 5) is 2.24. The topological polar surface area (TPSA) is 12.5 Å². The molecule has 1 unspecified atom stereocenters. The molecule has 0 saturated heterocycles. The van der Waals surface area contributed by atoms with Crippen LogP contribution in [-0.2, 0) is 0 Å². The lowest BCUT2D eigenvalue weighted by Crippen LogP contribution is -2.22. The first-order valence-corrected chi connectivity index (χ1v) is 6.66. The van der Waals surface area contributed by atoms with Gasteiger partial charge in [-0.3, -0.25) is 0 Å². The van der Waals surface area contributed by atoms with E-state index in [9.17, 15) is 0 Å². The molecule has 0 spiro atoms. The predicted molar refractivity (Wildman–Crippen MR) is 79.4 cm³/mol. The molecule has 0 aliphatic rings. The first kappa shape index (κ1) is 13.6. The van der Waals surface area contributed by atoms with E-state index in [4.69, 9.17) is 4.74 Å². The Morgan fingerprint density at radius 2 is 1.47 bits per heavy atom. The largest absolute Gasteiger partial charge is 0.494 e. The fourth-order valence-electron chi connectivity index (χ4n) is 2.20. The third-order valence-corrected chi connectivity index (χ3v) is 3.21. The summed E-state index contributed by atoms with van der Waals surface area (Å²) in [7, 11) is 4.22. The summed E-state index contributed by atoms with van der Waals surface area (Å²) in [6.07, 6.45) is 0.978. The quantitative estimate of drug-likeness (QED) is 0.779. The van der Waals surface area contributed by atoms with E-state index in [2.05, 4.69) is 49.3 Å². The van der Waals surface area contributed by atoms with Gasteiger partial charge in [-0.1, -0.05) is 48.5 Å². The molecule has 0 aliphatic carbocycles. The summed E-state index contributed by atoms with van der Waals surface area (Å²) in [5.74, 6) is 0.938. The predicted octanol–water partition coefficient (Wildman–Crippen LogP) is 3.76. The van der Waals surface area contributed by atoms with Crippen LogP contribution in [-0.4, -0.2) is 25.6 Å². The van der Waals surface area contributed by atoms with Crippen molar-refractivity contribution < 1.29 is 4.74 Å². The molecule has 2 aromatic rings. The zero-order valence-electron chi connectivity index (χ0n) is 11.6. The Hall–Kier alpha value is -1.80. The van der Waals surface area contributed by atoms with Gasteiger partial charge in [0.15, 0.2) is 0 Å². The number of rotatable bonds is 6. The van der Waals surface area contributed by atoms with E-state index in [-0.39, 0.29) is 0 Å². The second-order valence-corrected chi connectivity index (χ2v) is 4.84. The molecular formula is C17H21NO. The number of para-hydroxylation sites is 1. The lowest BCUT2D eigenvalue weighted by atomic mass is 10.0. The van der Waals surface area contributed by atoms with E-state index in [1.165, 1.54) is 5.56 Å². The molecule has 2 rings (SSSR count). The van der Waals surface area contributed by atoms with Gasteiger partial charge in [-0.25, -0.2) is 0 Å². The fourth-order valence-corrected chi connectivity index (χ4v) is 2.20. The van der Waals surface area contributed by atoms with Gasteiger partial charge in [-0.2, -0.15) is 0 Å². The Morgan fingerprint density at radius 3 is 2.05 bits per heavy atom. The molecule has 19 heavy (non-hydrogen) atoms. The maximum absolute atomic E-state index is 5.78. The van der Waals surface area contributed by atoms with E-state index < -0.39 is 0 Å². The number of ether oxygens (including phenoxy) is 1. The minimum Gasteiger partial charge on any atom is -0.494 e. The van der Waals surface area contributed by atoms with E-state index in [1.54, 1.807) is 0 Å². The average molecular weight is 255 g/mol. The van der Waals surface area contributed by atoms with Crippen LogP contribution in [0.2, 0.25) is 0 Å². The molecule has 0 heterocycles. The van der Waals surface area contributed by atoms with Gasteiger partial charge in [0.1, 0.15) is 5.75 Å². The van der Waals surface area contributed by atoms with Gasteiger partial charge in [0.25, 0.3) is 0 Å². The summed E-state index contributed by atoms with van der Waals surface area (Å²) in [5, 5.41) is 0. The molecule has 0 aliphatic heterocycles. The molecular weight excluding hydrogens is 234 g/mol. The van der Waals surface area contributed by atoms with Crippen LogP contribution in [0.4, 0.5) is 0 Å². The van der Waals surface area contributed by atoms with Crippen molar-refractivity contribution in [3.63, 3.8) is 0 Å². The van der Waals surface area contributed by atoms with Crippen molar-refractivity contribution >= 4 is 0 Å². The lowest BCUT2D eigenvalue weighted by molar-refractivity contribution is 0.223. The monoisotopic (exact) mass is 255 g/mol. The van der Waals surface area contributed by atoms with Crippen LogP contribution in [0, 0.1) is 0 Å². The third-order valence-electron chi connectivity index (χ3n) is 3.21. The van der Waals surface area contributed by atoms with E-state index in [1.807, 2.05) is 30.3 Å². The maximum atomic E-state index is 5.78. The Bertz CT molecular complexity index is 467. The highest BCUT2D eigenvalue weighted by Gasteiger charge is 2.13. The standard InChI is InChI=1S/C17H21NO/c1-18(2)17(15-9-5-3-6-10-15)13-14-19-16-11-7-4-8-12-16/h3-12,17H,13-14H2,1-2H3. The van der Waals surface area contributed by atoms with Crippen molar-refractivity contribution in [3.05, 3.63) is 66.2 Å². The van der Waals surface area contributed by atoms with Crippen LogP contribution in [0.5, 0.6) is 5.75 Å². The van der Waals surface area contributed by atoms with Gasteiger partial charge in [0.2, 0.25) is 0 Å². The van der Waals surface area contributed by atoms with Crippen LogP contribution in [0.15, 0.2) is 60.7 Å². The second kappa shape index (κ2) is 6.95. The molecule has 0 bridgehead atoms. The number of benzene rings is 2. The Labute approximate surface area is 115 Å². The van der Waals surface area contributed by atoms with Crippen molar-refractivity contribution in [2.75, 3.05) is 20.7 Å². The van der Waals surface area contributed by atoms with E-state index in [0.717, 1.165) is 18.8 Å². The van der Waals surface area contributed by atoms with E-state index in [0.29, 0.717) is 6.04 Å². The highest BCUT2D eigenvalue weighted by Crippen LogP contribution is 2.22. The first-order chi connectivity index (χ1) is 9.27. The zero-order valence-corrected chi connectivity index (χ0v) is 11.6. The maximum Gasteiger partial charge on any atom is 0.119 e. The first-order valence-electron chi connectivity index (χ1n) is 6.66. The smallest absolute Gasteiger partial charge is 0.119 e. The van der Waals surface area contributed by atoms with Crippen molar-refractivity contribution in [2.45, 2.75) is 12.5 Å². The zero-order chi connectivity index (χ0) is 13.5. The van der Waals surface area contributed by atoms with Crippen LogP contribution in [0.3, 0.4) is 0 Å². The van der Waals surface area contributed by atoms with Crippen LogP contribution < -0.4 is 4.74 Å². The lowest BCUT2D eigenvalue weighted by Gasteiger charge is -2.24. The average Bonchev–Trinajstić information content (AvgIpc) is 2.45. The summed E-state index contributed by atoms with van der Waals surface area (Å²) in [6.45, 7) is 0.724. The van der Waals surface area contributed by atoms with Gasteiger partial charge < -0.3 is 9.64 Å². The summed E-state index contributed by atoms with van der Waals surface area (Å²) in [5.41, 5.74) is 1.34. The molecule has 2 nitrogen and oxygen atoms in total. The summed E-state index contributed by atoms with van der Waals surface area (Å²) < 4.78 is 5.78. The van der Waals surface area contributed by atoms with Gasteiger partial charge in [0, 0.05) is 12.5 Å². The molecule has 1 atom stereocenters. The van der Waals surface area contributed by atoms with Crippen LogP contribution >= 0.6 is 0 Å². The number of nitrogens with zero attached hydrogens (tertiary/aromatic N) is 1. The molecule has 0 fully saturated rings. The molecule has 100 valence electrons. The Kier molecular flexibility index (Phi) is 4.99. The second-order valence-electron chi connectivity index (χ2n) is 4.84. The number of hydrogen-bond donors (Lipinski definition) is 0. The van der Waals surface area contributed by atoms with Gasteiger partial charge in [-0.05, 0) is 31.8 Å². The van der Waals surface area contributed by atoms with Crippen molar-refractivity contribution in [1.82, 2.24) is 4.90 Å².